The summed E-state index contributed by atoms with van der Waals surface area (Å²) in [7, 11) is 1.61. The lowest BCUT2D eigenvalue weighted by Crippen LogP contribution is -2.13. The molecule has 0 atom stereocenters. The van der Waals surface area contributed by atoms with Crippen LogP contribution in [0.25, 0.3) is 0 Å². The average Bonchev–Trinajstić information content (AvgIpc) is 2.91. The maximum absolute atomic E-state index is 12.9. The summed E-state index contributed by atoms with van der Waals surface area (Å²) in [4.78, 5) is 12.9. The van der Waals surface area contributed by atoms with E-state index in [0.29, 0.717) is 23.6 Å². The number of rotatable bonds is 9. The summed E-state index contributed by atoms with van der Waals surface area (Å²) in [5, 5.41) is 2.94. The molecule has 1 amide bonds. The minimum absolute atomic E-state index is 0.0823. The van der Waals surface area contributed by atoms with Crippen molar-refractivity contribution < 1.29 is 19.0 Å². The Labute approximate surface area is 219 Å². The Morgan fingerprint density at radius 2 is 1.38 bits per heavy atom. The van der Waals surface area contributed by atoms with E-state index in [1.165, 1.54) is 5.56 Å². The van der Waals surface area contributed by atoms with Crippen molar-refractivity contribution in [1.29, 1.82) is 0 Å². The van der Waals surface area contributed by atoms with Gasteiger partial charge in [-0.1, -0.05) is 63.2 Å². The highest BCUT2D eigenvalue weighted by molar-refractivity contribution is 6.04. The van der Waals surface area contributed by atoms with Crippen LogP contribution in [0.2, 0.25) is 0 Å². The van der Waals surface area contributed by atoms with Crippen LogP contribution in [-0.4, -0.2) is 13.0 Å². The number of carbonyl (C=O) groups excluding carboxylic acids is 1. The van der Waals surface area contributed by atoms with Crippen molar-refractivity contribution in [3.8, 4) is 17.2 Å². The standard InChI is InChI=1S/C32H33NO4/c1-32(2,3)26-11-15-28(16-12-26)37-22-25-20-24(10-19-30(25)35-4)31(34)33-27-13-17-29(18-14-27)36-21-23-8-6-5-7-9-23/h5-20H,21-22H2,1-4H3,(H,33,34). The Hall–Kier alpha value is -4.25. The molecule has 0 aromatic heterocycles. The third kappa shape index (κ3) is 7.14. The molecule has 0 aliphatic rings. The number of ether oxygens (including phenoxy) is 3. The number of hydrogen-bond donors (Lipinski definition) is 1. The van der Waals surface area contributed by atoms with Gasteiger partial charge in [0, 0.05) is 16.8 Å². The van der Waals surface area contributed by atoms with Crippen LogP contribution in [0.1, 0.15) is 47.8 Å². The van der Waals surface area contributed by atoms with E-state index < -0.39 is 0 Å². The molecule has 0 bridgehead atoms. The van der Waals surface area contributed by atoms with E-state index in [2.05, 4.69) is 38.2 Å². The van der Waals surface area contributed by atoms with Crippen molar-refractivity contribution in [3.05, 3.63) is 119 Å². The van der Waals surface area contributed by atoms with E-state index >= 15 is 0 Å². The van der Waals surface area contributed by atoms with Crippen molar-refractivity contribution >= 4 is 11.6 Å². The first-order chi connectivity index (χ1) is 17.8. The summed E-state index contributed by atoms with van der Waals surface area (Å²) in [5.74, 6) is 1.96. The summed E-state index contributed by atoms with van der Waals surface area (Å²) in [6, 6.07) is 30.8. The van der Waals surface area contributed by atoms with Crippen LogP contribution < -0.4 is 19.5 Å². The van der Waals surface area contributed by atoms with Gasteiger partial charge < -0.3 is 19.5 Å². The van der Waals surface area contributed by atoms with Crippen molar-refractivity contribution in [3.63, 3.8) is 0 Å². The molecule has 4 aromatic rings. The highest BCUT2D eigenvalue weighted by Crippen LogP contribution is 2.26. The third-order valence-electron chi connectivity index (χ3n) is 6.02. The van der Waals surface area contributed by atoms with E-state index in [-0.39, 0.29) is 17.9 Å². The van der Waals surface area contributed by atoms with Crippen LogP contribution in [0.15, 0.2) is 97.1 Å². The van der Waals surface area contributed by atoms with Crippen LogP contribution in [0.3, 0.4) is 0 Å². The molecule has 0 unspecified atom stereocenters. The summed E-state index contributed by atoms with van der Waals surface area (Å²) in [5.41, 5.74) is 4.42. The van der Waals surface area contributed by atoms with Crippen molar-refractivity contribution in [2.45, 2.75) is 39.4 Å². The van der Waals surface area contributed by atoms with Gasteiger partial charge in [0.2, 0.25) is 0 Å². The first-order valence-corrected chi connectivity index (χ1v) is 12.3. The normalized spacial score (nSPS) is 11.0. The molecule has 0 heterocycles. The molecule has 5 heteroatoms. The van der Waals surface area contributed by atoms with E-state index in [4.69, 9.17) is 14.2 Å². The average molecular weight is 496 g/mol. The number of benzene rings is 4. The fraction of sp³-hybridized carbons (Fsp3) is 0.219. The Morgan fingerprint density at radius 3 is 2.00 bits per heavy atom. The molecular weight excluding hydrogens is 462 g/mol. The highest BCUT2D eigenvalue weighted by Gasteiger charge is 2.14. The molecule has 0 aliphatic carbocycles. The lowest BCUT2D eigenvalue weighted by Gasteiger charge is -2.19. The summed E-state index contributed by atoms with van der Waals surface area (Å²) in [6.45, 7) is 7.31. The Balaban J connectivity index is 1.37. The van der Waals surface area contributed by atoms with Gasteiger partial charge in [0.05, 0.1) is 7.11 Å². The molecule has 0 radical (unpaired) electrons. The van der Waals surface area contributed by atoms with Crippen LogP contribution in [-0.2, 0) is 18.6 Å². The van der Waals surface area contributed by atoms with E-state index in [1.807, 2.05) is 66.7 Å². The van der Waals surface area contributed by atoms with Gasteiger partial charge in [0.1, 0.15) is 30.5 Å². The minimum atomic E-state index is -0.212. The van der Waals surface area contributed by atoms with Gasteiger partial charge in [0.25, 0.3) is 5.91 Å². The maximum Gasteiger partial charge on any atom is 0.255 e. The van der Waals surface area contributed by atoms with Gasteiger partial charge in [-0.15, -0.1) is 0 Å². The second kappa shape index (κ2) is 11.7. The molecule has 4 rings (SSSR count). The second-order valence-corrected chi connectivity index (χ2v) is 9.84. The molecule has 1 N–H and O–H groups in total. The van der Waals surface area contributed by atoms with Gasteiger partial charge in [-0.2, -0.15) is 0 Å². The van der Waals surface area contributed by atoms with Gasteiger partial charge in [-0.3, -0.25) is 4.79 Å². The van der Waals surface area contributed by atoms with Crippen molar-refractivity contribution in [2.75, 3.05) is 12.4 Å². The SMILES string of the molecule is COc1ccc(C(=O)Nc2ccc(OCc3ccccc3)cc2)cc1COc1ccc(C(C)(C)C)cc1. The first kappa shape index (κ1) is 25.8. The Morgan fingerprint density at radius 1 is 0.757 bits per heavy atom. The van der Waals surface area contributed by atoms with Crippen LogP contribution in [0.4, 0.5) is 5.69 Å². The lowest BCUT2D eigenvalue weighted by atomic mass is 9.87. The van der Waals surface area contributed by atoms with Gasteiger partial charge in [-0.25, -0.2) is 0 Å². The van der Waals surface area contributed by atoms with Crippen molar-refractivity contribution in [1.82, 2.24) is 0 Å². The number of amides is 1. The Kier molecular flexibility index (Phi) is 8.14. The zero-order chi connectivity index (χ0) is 26.3. The third-order valence-corrected chi connectivity index (χ3v) is 6.02. The molecule has 4 aromatic carbocycles. The van der Waals surface area contributed by atoms with E-state index in [9.17, 15) is 4.79 Å². The quantitative estimate of drug-likeness (QED) is 0.263. The highest BCUT2D eigenvalue weighted by atomic mass is 16.5. The number of methoxy groups -OCH3 is 1. The molecule has 37 heavy (non-hydrogen) atoms. The van der Waals surface area contributed by atoms with Gasteiger partial charge in [-0.05, 0) is 71.1 Å². The minimum Gasteiger partial charge on any atom is -0.496 e. The predicted molar refractivity (Wildman–Crippen MR) is 148 cm³/mol. The maximum atomic E-state index is 12.9. The molecule has 0 saturated heterocycles. The van der Waals surface area contributed by atoms with Crippen LogP contribution in [0.5, 0.6) is 17.2 Å². The molecule has 0 fully saturated rings. The number of anilines is 1. The fourth-order valence-corrected chi connectivity index (χ4v) is 3.82. The van der Waals surface area contributed by atoms with Crippen molar-refractivity contribution in [2.24, 2.45) is 0 Å². The van der Waals surface area contributed by atoms with Crippen LogP contribution in [0, 0.1) is 0 Å². The first-order valence-electron chi connectivity index (χ1n) is 12.3. The molecule has 0 spiro atoms. The topological polar surface area (TPSA) is 56.8 Å². The van der Waals surface area contributed by atoms with E-state index in [1.54, 1.807) is 25.3 Å². The molecule has 190 valence electrons. The monoisotopic (exact) mass is 495 g/mol. The van der Waals surface area contributed by atoms with Gasteiger partial charge >= 0.3 is 0 Å². The fourth-order valence-electron chi connectivity index (χ4n) is 3.82. The summed E-state index contributed by atoms with van der Waals surface area (Å²) < 4.78 is 17.3. The zero-order valence-corrected chi connectivity index (χ0v) is 21.8. The largest absolute Gasteiger partial charge is 0.496 e. The van der Waals surface area contributed by atoms with E-state index in [0.717, 1.165) is 22.6 Å². The molecule has 5 nitrogen and oxygen atoms in total. The second-order valence-electron chi connectivity index (χ2n) is 9.84. The predicted octanol–water partition coefficient (Wildman–Crippen LogP) is 7.40. The Bertz CT molecular complexity index is 1310. The van der Waals surface area contributed by atoms with Gasteiger partial charge in [0.15, 0.2) is 0 Å². The molecule has 0 aliphatic heterocycles. The number of hydrogen-bond acceptors (Lipinski definition) is 4. The summed E-state index contributed by atoms with van der Waals surface area (Å²) in [6.07, 6.45) is 0. The summed E-state index contributed by atoms with van der Waals surface area (Å²) >= 11 is 0. The zero-order valence-electron chi connectivity index (χ0n) is 21.8. The molecule has 0 saturated carbocycles. The number of carbonyl (C=O) groups is 1. The lowest BCUT2D eigenvalue weighted by molar-refractivity contribution is 0.102. The smallest absolute Gasteiger partial charge is 0.255 e. The molecular formula is C32H33NO4. The van der Waals surface area contributed by atoms with Crippen LogP contribution >= 0.6 is 0 Å². The number of nitrogens with one attached hydrogen (secondary N) is 1.